The van der Waals surface area contributed by atoms with Crippen molar-refractivity contribution in [2.45, 2.75) is 25.6 Å². The summed E-state index contributed by atoms with van der Waals surface area (Å²) in [5.41, 5.74) is 1.70. The number of halogens is 2. The number of nitrogens with zero attached hydrogens (tertiary/aromatic N) is 1. The third-order valence-electron chi connectivity index (χ3n) is 3.38. The fourth-order valence-corrected chi connectivity index (χ4v) is 2.39. The van der Waals surface area contributed by atoms with Crippen molar-refractivity contribution in [3.63, 3.8) is 0 Å². The summed E-state index contributed by atoms with van der Waals surface area (Å²) in [7, 11) is 0. The van der Waals surface area contributed by atoms with Crippen molar-refractivity contribution in [3.05, 3.63) is 35.4 Å². The van der Waals surface area contributed by atoms with Gasteiger partial charge < -0.3 is 9.57 Å². The van der Waals surface area contributed by atoms with Gasteiger partial charge in [0.15, 0.2) is 11.6 Å². The van der Waals surface area contributed by atoms with Crippen molar-refractivity contribution in [2.24, 2.45) is 11.1 Å². The molecule has 0 bridgehead atoms. The molecule has 0 radical (unpaired) electrons. The predicted molar refractivity (Wildman–Crippen MR) is 61.0 cm³/mol. The van der Waals surface area contributed by atoms with Gasteiger partial charge in [0.1, 0.15) is 6.61 Å². The average Bonchev–Trinajstić information content (AvgIpc) is 2.91. The molecule has 2 atom stereocenters. The fraction of sp³-hybridized carbons (Fsp3) is 0.462. The van der Waals surface area contributed by atoms with E-state index in [4.69, 9.17) is 9.57 Å². The highest BCUT2D eigenvalue weighted by Crippen LogP contribution is 2.30. The molecule has 96 valence electrons. The zero-order valence-electron chi connectivity index (χ0n) is 9.73. The van der Waals surface area contributed by atoms with Crippen LogP contribution in [0.2, 0.25) is 0 Å². The maximum atomic E-state index is 13.0. The molecule has 0 saturated heterocycles. The Morgan fingerprint density at radius 2 is 2.22 bits per heavy atom. The van der Waals surface area contributed by atoms with Gasteiger partial charge in [-0.05, 0) is 24.1 Å². The number of fused-ring (bicyclic) bond motifs is 1. The van der Waals surface area contributed by atoms with Gasteiger partial charge in [0.2, 0.25) is 0 Å². The summed E-state index contributed by atoms with van der Waals surface area (Å²) in [5.74, 6) is -1.29. The lowest BCUT2D eigenvalue weighted by molar-refractivity contribution is 0.0360. The first kappa shape index (κ1) is 11.6. The van der Waals surface area contributed by atoms with Gasteiger partial charge in [0, 0.05) is 12.3 Å². The van der Waals surface area contributed by atoms with E-state index in [0.717, 1.165) is 24.6 Å². The molecule has 1 heterocycles. The average molecular weight is 253 g/mol. The predicted octanol–water partition coefficient (Wildman–Crippen LogP) is 2.65. The van der Waals surface area contributed by atoms with Crippen LogP contribution in [0.3, 0.4) is 0 Å². The Kier molecular flexibility index (Phi) is 2.99. The van der Waals surface area contributed by atoms with Crippen LogP contribution in [0.5, 0.6) is 0 Å². The van der Waals surface area contributed by atoms with Crippen LogP contribution >= 0.6 is 0 Å². The molecule has 1 aromatic rings. The van der Waals surface area contributed by atoms with Crippen molar-refractivity contribution in [1.29, 1.82) is 0 Å². The first-order valence-electron chi connectivity index (χ1n) is 5.96. The normalized spacial score (nSPS) is 25.8. The summed E-state index contributed by atoms with van der Waals surface area (Å²) in [6, 6.07) is 3.83. The van der Waals surface area contributed by atoms with E-state index in [-0.39, 0.29) is 6.10 Å². The number of hydrogen-bond acceptors (Lipinski definition) is 3. The lowest BCUT2D eigenvalue weighted by atomic mass is 10.1. The summed E-state index contributed by atoms with van der Waals surface area (Å²) in [4.78, 5) is 4.99. The largest absolute Gasteiger partial charge is 0.395 e. The minimum atomic E-state index is -0.836. The highest BCUT2D eigenvalue weighted by Gasteiger charge is 2.35. The van der Waals surface area contributed by atoms with Gasteiger partial charge in [-0.15, -0.1) is 0 Å². The molecule has 0 amide bonds. The van der Waals surface area contributed by atoms with Crippen LogP contribution in [0, 0.1) is 17.6 Å². The van der Waals surface area contributed by atoms with Gasteiger partial charge in [0.25, 0.3) is 0 Å². The molecule has 18 heavy (non-hydrogen) atoms. The van der Waals surface area contributed by atoms with E-state index in [2.05, 4.69) is 5.16 Å². The maximum Gasteiger partial charge on any atom is 0.159 e. The van der Waals surface area contributed by atoms with Crippen molar-refractivity contribution in [3.8, 4) is 0 Å². The number of oxime groups is 1. The zero-order chi connectivity index (χ0) is 12.5. The molecule has 1 fully saturated rings. The summed E-state index contributed by atoms with van der Waals surface area (Å²) in [6.45, 7) is 0.934. The Bertz CT molecular complexity index is 490. The van der Waals surface area contributed by atoms with E-state index in [1.807, 2.05) is 0 Å². The molecule has 0 N–H and O–H groups in total. The van der Waals surface area contributed by atoms with Crippen LogP contribution in [-0.2, 0) is 16.2 Å². The minimum absolute atomic E-state index is 0.103. The van der Waals surface area contributed by atoms with Crippen LogP contribution in [-0.4, -0.2) is 18.4 Å². The molecular formula is C13H13F2NO2. The number of ether oxygens (including phenoxy) is 1. The monoisotopic (exact) mass is 253 g/mol. The van der Waals surface area contributed by atoms with Gasteiger partial charge in [-0.2, -0.15) is 0 Å². The van der Waals surface area contributed by atoms with E-state index in [1.54, 1.807) is 0 Å². The van der Waals surface area contributed by atoms with Crippen LogP contribution in [0.1, 0.15) is 18.4 Å². The third kappa shape index (κ3) is 2.22. The fourth-order valence-electron chi connectivity index (χ4n) is 2.39. The second-order valence-corrected chi connectivity index (χ2v) is 4.70. The number of benzene rings is 1. The first-order valence-corrected chi connectivity index (χ1v) is 5.96. The molecule has 0 aromatic heterocycles. The standard InChI is InChI=1S/C13H13F2NO2/c14-11-2-1-8(3-12(11)15)6-17-10-4-9-7-18-16-13(9)5-10/h1-3,9-10H,4-7H2. The smallest absolute Gasteiger partial charge is 0.159 e. The molecule has 1 aromatic carbocycles. The zero-order valence-corrected chi connectivity index (χ0v) is 9.73. The molecule has 5 heteroatoms. The van der Waals surface area contributed by atoms with E-state index in [0.29, 0.717) is 24.7 Å². The Hall–Kier alpha value is -1.49. The molecular weight excluding hydrogens is 240 g/mol. The van der Waals surface area contributed by atoms with Gasteiger partial charge in [-0.3, -0.25) is 0 Å². The second-order valence-electron chi connectivity index (χ2n) is 4.70. The second kappa shape index (κ2) is 4.65. The van der Waals surface area contributed by atoms with Crippen molar-refractivity contribution in [1.82, 2.24) is 0 Å². The third-order valence-corrected chi connectivity index (χ3v) is 3.38. The topological polar surface area (TPSA) is 30.8 Å². The van der Waals surface area contributed by atoms with E-state index in [9.17, 15) is 8.78 Å². The lowest BCUT2D eigenvalue weighted by Gasteiger charge is -2.11. The summed E-state index contributed by atoms with van der Waals surface area (Å²) in [5, 5.41) is 3.96. The SMILES string of the molecule is Fc1ccc(COC2CC3=NOCC3C2)cc1F. The first-order chi connectivity index (χ1) is 8.72. The maximum absolute atomic E-state index is 13.0. The molecule has 1 aliphatic heterocycles. The van der Waals surface area contributed by atoms with Gasteiger partial charge in [-0.25, -0.2) is 8.78 Å². The Morgan fingerprint density at radius 3 is 3.00 bits per heavy atom. The van der Waals surface area contributed by atoms with Crippen molar-refractivity contribution in [2.75, 3.05) is 6.61 Å². The molecule has 1 saturated carbocycles. The Labute approximate surface area is 103 Å². The van der Waals surface area contributed by atoms with E-state index < -0.39 is 11.6 Å². The summed E-state index contributed by atoms with van der Waals surface area (Å²) >= 11 is 0. The lowest BCUT2D eigenvalue weighted by Crippen LogP contribution is -2.10. The summed E-state index contributed by atoms with van der Waals surface area (Å²) < 4.78 is 31.4. The van der Waals surface area contributed by atoms with E-state index in [1.165, 1.54) is 12.1 Å². The van der Waals surface area contributed by atoms with Crippen molar-refractivity contribution < 1.29 is 18.4 Å². The highest BCUT2D eigenvalue weighted by atomic mass is 19.2. The van der Waals surface area contributed by atoms with Crippen LogP contribution in [0.15, 0.2) is 23.4 Å². The van der Waals surface area contributed by atoms with Gasteiger partial charge >= 0.3 is 0 Å². The van der Waals surface area contributed by atoms with Crippen LogP contribution in [0.25, 0.3) is 0 Å². The van der Waals surface area contributed by atoms with Crippen LogP contribution in [0.4, 0.5) is 8.78 Å². The molecule has 3 rings (SSSR count). The quantitative estimate of drug-likeness (QED) is 0.829. The molecule has 2 unspecified atom stereocenters. The Balaban J connectivity index is 1.57. The minimum Gasteiger partial charge on any atom is -0.395 e. The van der Waals surface area contributed by atoms with Gasteiger partial charge in [-0.1, -0.05) is 11.2 Å². The molecule has 2 aliphatic rings. The molecule has 1 aliphatic carbocycles. The van der Waals surface area contributed by atoms with E-state index >= 15 is 0 Å². The molecule has 3 nitrogen and oxygen atoms in total. The Morgan fingerprint density at radius 1 is 1.33 bits per heavy atom. The number of rotatable bonds is 3. The number of hydrogen-bond donors (Lipinski definition) is 0. The van der Waals surface area contributed by atoms with Crippen LogP contribution < -0.4 is 0 Å². The van der Waals surface area contributed by atoms with Gasteiger partial charge in [0.05, 0.1) is 18.4 Å². The highest BCUT2D eigenvalue weighted by molar-refractivity contribution is 5.89. The van der Waals surface area contributed by atoms with Crippen molar-refractivity contribution >= 4 is 5.71 Å². The summed E-state index contributed by atoms with van der Waals surface area (Å²) in [6.07, 6.45) is 1.77. The molecule has 0 spiro atoms.